The molecule has 4 nitrogen and oxygen atoms in total. The number of amides is 1. The van der Waals surface area contributed by atoms with Crippen molar-refractivity contribution in [2.45, 2.75) is 32.2 Å². The van der Waals surface area contributed by atoms with Gasteiger partial charge in [-0.05, 0) is 51.4 Å². The van der Waals surface area contributed by atoms with Crippen molar-refractivity contribution in [2.24, 2.45) is 0 Å². The summed E-state index contributed by atoms with van der Waals surface area (Å²) in [6.45, 7) is 5.75. The van der Waals surface area contributed by atoms with Crippen molar-refractivity contribution in [1.29, 1.82) is 0 Å². The maximum absolute atomic E-state index is 11.9. The minimum absolute atomic E-state index is 0.00864. The lowest BCUT2D eigenvalue weighted by Crippen LogP contribution is -2.37. The molecule has 1 aliphatic heterocycles. The summed E-state index contributed by atoms with van der Waals surface area (Å²) in [7, 11) is 0. The molecule has 2 rings (SSSR count). The molecule has 110 valence electrons. The van der Waals surface area contributed by atoms with Crippen LogP contribution in [0.1, 0.15) is 35.2 Å². The second-order valence-corrected chi connectivity index (χ2v) is 5.45. The summed E-state index contributed by atoms with van der Waals surface area (Å²) in [4.78, 5) is 11.9. The van der Waals surface area contributed by atoms with Gasteiger partial charge in [0.1, 0.15) is 0 Å². The largest absolute Gasteiger partial charge is 0.351 e. The van der Waals surface area contributed by atoms with E-state index in [1.165, 1.54) is 24.8 Å². The van der Waals surface area contributed by atoms with Gasteiger partial charge in [-0.15, -0.1) is 0 Å². The molecule has 4 heteroatoms. The third-order valence-corrected chi connectivity index (χ3v) is 3.73. The normalized spacial score (nSPS) is 19.4. The molecule has 1 aromatic rings. The summed E-state index contributed by atoms with van der Waals surface area (Å²) in [6, 6.07) is 8.25. The smallest absolute Gasteiger partial charge is 0.251 e. The lowest BCUT2D eigenvalue weighted by molar-refractivity contribution is 0.0953. The number of carbonyl (C=O) groups is 1. The van der Waals surface area contributed by atoms with E-state index in [4.69, 9.17) is 0 Å². The topological polar surface area (TPSA) is 53.2 Å². The molecule has 1 unspecified atom stereocenters. The molecule has 3 N–H and O–H groups in total. The van der Waals surface area contributed by atoms with E-state index in [1.807, 2.05) is 31.2 Å². The van der Waals surface area contributed by atoms with Gasteiger partial charge in [-0.1, -0.05) is 17.7 Å². The van der Waals surface area contributed by atoms with Crippen molar-refractivity contribution < 1.29 is 4.79 Å². The van der Waals surface area contributed by atoms with Crippen LogP contribution in [0.5, 0.6) is 0 Å². The number of nitrogens with one attached hydrogen (secondary N) is 3. The number of aryl methyl sites for hydroxylation is 1. The molecule has 0 bridgehead atoms. The van der Waals surface area contributed by atoms with E-state index in [-0.39, 0.29) is 5.91 Å². The second kappa shape index (κ2) is 8.02. The number of rotatable bonds is 5. The average Bonchev–Trinajstić information content (AvgIpc) is 2.73. The zero-order chi connectivity index (χ0) is 14.2. The van der Waals surface area contributed by atoms with Crippen LogP contribution in [0.4, 0.5) is 0 Å². The van der Waals surface area contributed by atoms with Gasteiger partial charge in [-0.2, -0.15) is 0 Å². The van der Waals surface area contributed by atoms with E-state index in [0.29, 0.717) is 12.6 Å². The fourth-order valence-corrected chi connectivity index (χ4v) is 2.48. The van der Waals surface area contributed by atoms with E-state index in [2.05, 4.69) is 16.0 Å². The van der Waals surface area contributed by atoms with Gasteiger partial charge < -0.3 is 16.0 Å². The minimum Gasteiger partial charge on any atom is -0.351 e. The summed E-state index contributed by atoms with van der Waals surface area (Å²) in [6.07, 6.45) is 3.62. The highest BCUT2D eigenvalue weighted by molar-refractivity contribution is 5.94. The first-order valence-corrected chi connectivity index (χ1v) is 7.54. The maximum Gasteiger partial charge on any atom is 0.251 e. The van der Waals surface area contributed by atoms with Crippen molar-refractivity contribution in [2.75, 3.05) is 26.2 Å². The quantitative estimate of drug-likeness (QED) is 0.713. The van der Waals surface area contributed by atoms with E-state index in [9.17, 15) is 4.79 Å². The zero-order valence-corrected chi connectivity index (χ0v) is 12.2. The molecular weight excluding hydrogens is 250 g/mol. The summed E-state index contributed by atoms with van der Waals surface area (Å²) in [5, 5.41) is 9.88. The Bertz CT molecular complexity index is 408. The first-order valence-electron chi connectivity index (χ1n) is 7.54. The molecule has 0 saturated carbocycles. The Hall–Kier alpha value is -1.39. The van der Waals surface area contributed by atoms with Gasteiger partial charge in [-0.25, -0.2) is 0 Å². The summed E-state index contributed by atoms with van der Waals surface area (Å²) in [5.41, 5.74) is 1.90. The van der Waals surface area contributed by atoms with Crippen LogP contribution in [0.3, 0.4) is 0 Å². The highest BCUT2D eigenvalue weighted by atomic mass is 16.1. The predicted molar refractivity (Wildman–Crippen MR) is 82.0 cm³/mol. The molecule has 1 aromatic carbocycles. The summed E-state index contributed by atoms with van der Waals surface area (Å²) in [5.74, 6) is 0.00864. The first-order chi connectivity index (χ1) is 9.75. The Labute approximate surface area is 121 Å². The second-order valence-electron chi connectivity index (χ2n) is 5.45. The molecule has 20 heavy (non-hydrogen) atoms. The highest BCUT2D eigenvalue weighted by Gasteiger charge is 2.10. The minimum atomic E-state index is 0.00864. The van der Waals surface area contributed by atoms with Crippen LogP contribution in [-0.2, 0) is 0 Å². The van der Waals surface area contributed by atoms with Gasteiger partial charge >= 0.3 is 0 Å². The molecule has 1 saturated heterocycles. The van der Waals surface area contributed by atoms with Crippen molar-refractivity contribution in [3.05, 3.63) is 35.4 Å². The van der Waals surface area contributed by atoms with Crippen LogP contribution in [0, 0.1) is 6.92 Å². The third-order valence-electron chi connectivity index (χ3n) is 3.73. The monoisotopic (exact) mass is 275 g/mol. The lowest BCUT2D eigenvalue weighted by Gasteiger charge is -2.16. The number of carbonyl (C=O) groups excluding carboxylic acids is 1. The molecule has 1 amide bonds. The van der Waals surface area contributed by atoms with Gasteiger partial charge in [0.05, 0.1) is 0 Å². The van der Waals surface area contributed by atoms with E-state index < -0.39 is 0 Å². The SMILES string of the molecule is Cc1ccc(C(=O)NCCNC2CCCNCC2)cc1. The summed E-state index contributed by atoms with van der Waals surface area (Å²) < 4.78 is 0. The Morgan fingerprint density at radius 1 is 1.20 bits per heavy atom. The van der Waals surface area contributed by atoms with Crippen molar-refractivity contribution in [1.82, 2.24) is 16.0 Å². The van der Waals surface area contributed by atoms with E-state index in [0.717, 1.165) is 25.2 Å². The molecule has 0 radical (unpaired) electrons. The van der Waals surface area contributed by atoms with Crippen LogP contribution in [0.15, 0.2) is 24.3 Å². The first kappa shape index (κ1) is 15.0. The van der Waals surface area contributed by atoms with Crippen LogP contribution < -0.4 is 16.0 Å². The van der Waals surface area contributed by atoms with Crippen LogP contribution in [0.2, 0.25) is 0 Å². The Balaban J connectivity index is 1.65. The van der Waals surface area contributed by atoms with Crippen molar-refractivity contribution >= 4 is 5.91 Å². The zero-order valence-electron chi connectivity index (χ0n) is 12.2. The number of hydrogen-bond acceptors (Lipinski definition) is 3. The predicted octanol–water partition coefficient (Wildman–Crippen LogP) is 1.46. The molecule has 0 aliphatic carbocycles. The molecule has 1 fully saturated rings. The number of hydrogen-bond donors (Lipinski definition) is 3. The molecule has 1 heterocycles. The van der Waals surface area contributed by atoms with Crippen LogP contribution in [0.25, 0.3) is 0 Å². The van der Waals surface area contributed by atoms with Gasteiger partial charge in [0.25, 0.3) is 5.91 Å². The van der Waals surface area contributed by atoms with E-state index in [1.54, 1.807) is 0 Å². The maximum atomic E-state index is 11.9. The van der Waals surface area contributed by atoms with Gasteiger partial charge in [0.15, 0.2) is 0 Å². The molecule has 0 spiro atoms. The Morgan fingerprint density at radius 3 is 2.80 bits per heavy atom. The van der Waals surface area contributed by atoms with Crippen LogP contribution >= 0.6 is 0 Å². The molecule has 1 atom stereocenters. The van der Waals surface area contributed by atoms with E-state index >= 15 is 0 Å². The Morgan fingerprint density at radius 2 is 2.00 bits per heavy atom. The van der Waals surface area contributed by atoms with Crippen molar-refractivity contribution in [3.8, 4) is 0 Å². The van der Waals surface area contributed by atoms with Gasteiger partial charge in [0.2, 0.25) is 0 Å². The fraction of sp³-hybridized carbons (Fsp3) is 0.562. The summed E-state index contributed by atoms with van der Waals surface area (Å²) >= 11 is 0. The molecular formula is C16H25N3O. The highest BCUT2D eigenvalue weighted by Crippen LogP contribution is 2.04. The van der Waals surface area contributed by atoms with Crippen molar-refractivity contribution in [3.63, 3.8) is 0 Å². The Kier molecular flexibility index (Phi) is 6.02. The number of benzene rings is 1. The molecule has 1 aliphatic rings. The van der Waals surface area contributed by atoms with Crippen LogP contribution in [-0.4, -0.2) is 38.1 Å². The third kappa shape index (κ3) is 4.94. The van der Waals surface area contributed by atoms with Gasteiger partial charge in [-0.3, -0.25) is 4.79 Å². The average molecular weight is 275 g/mol. The standard InChI is InChI=1S/C16H25N3O/c1-13-4-6-14(7-5-13)16(20)19-12-11-18-15-3-2-9-17-10-8-15/h4-7,15,17-18H,2-3,8-12H2,1H3,(H,19,20). The molecule has 0 aromatic heterocycles. The lowest BCUT2D eigenvalue weighted by atomic mass is 10.1. The van der Waals surface area contributed by atoms with Gasteiger partial charge in [0, 0.05) is 24.7 Å². The fourth-order valence-electron chi connectivity index (χ4n) is 2.48.